The second kappa shape index (κ2) is 4.92. The van der Waals surface area contributed by atoms with Gasteiger partial charge >= 0.3 is 0 Å². The summed E-state index contributed by atoms with van der Waals surface area (Å²) in [5.74, 6) is 0. The molecule has 1 atom stereocenters. The van der Waals surface area contributed by atoms with E-state index in [4.69, 9.17) is 28.9 Å². The first kappa shape index (κ1) is 14.6. The summed E-state index contributed by atoms with van der Waals surface area (Å²) < 4.78 is 26.9. The van der Waals surface area contributed by atoms with Gasteiger partial charge < -0.3 is 5.73 Å². The molecule has 0 saturated carbocycles. The lowest BCUT2D eigenvalue weighted by Gasteiger charge is -2.22. The summed E-state index contributed by atoms with van der Waals surface area (Å²) in [6, 6.07) is 1.40. The lowest BCUT2D eigenvalue weighted by atomic mass is 9.90. The van der Waals surface area contributed by atoms with Gasteiger partial charge in [0.1, 0.15) is 9.23 Å². The van der Waals surface area contributed by atoms with E-state index >= 15 is 0 Å². The molecule has 1 unspecified atom stereocenters. The molecule has 0 spiro atoms. The lowest BCUT2D eigenvalue weighted by molar-refractivity contribution is 0.350. The standard InChI is InChI=1S/C10H14Cl2N2O2S2/c1-10(5-13)2-3-14(6-10)18(15,16)7-4-8(11)17-9(7)12/h4H,2-3,5-6,13H2,1H3. The second-order valence-corrected chi connectivity index (χ2v) is 8.98. The summed E-state index contributed by atoms with van der Waals surface area (Å²) in [6.45, 7) is 3.36. The van der Waals surface area contributed by atoms with Crippen molar-refractivity contribution in [2.24, 2.45) is 11.1 Å². The van der Waals surface area contributed by atoms with Crippen LogP contribution in [0, 0.1) is 5.41 Å². The molecule has 0 radical (unpaired) electrons. The Labute approximate surface area is 121 Å². The lowest BCUT2D eigenvalue weighted by Crippen LogP contribution is -2.34. The molecule has 1 aromatic rings. The van der Waals surface area contributed by atoms with Gasteiger partial charge in [-0.1, -0.05) is 30.1 Å². The molecule has 102 valence electrons. The summed E-state index contributed by atoms with van der Waals surface area (Å²) in [6.07, 6.45) is 0.762. The van der Waals surface area contributed by atoms with Crippen LogP contribution in [0.4, 0.5) is 0 Å². The van der Waals surface area contributed by atoms with Crippen molar-refractivity contribution in [2.75, 3.05) is 19.6 Å². The van der Waals surface area contributed by atoms with Gasteiger partial charge in [-0.25, -0.2) is 8.42 Å². The molecule has 1 saturated heterocycles. The Morgan fingerprint density at radius 3 is 2.67 bits per heavy atom. The topological polar surface area (TPSA) is 63.4 Å². The van der Waals surface area contributed by atoms with E-state index in [1.54, 1.807) is 0 Å². The minimum Gasteiger partial charge on any atom is -0.330 e. The van der Waals surface area contributed by atoms with E-state index in [1.165, 1.54) is 10.4 Å². The summed E-state index contributed by atoms with van der Waals surface area (Å²) >= 11 is 12.8. The first-order chi connectivity index (χ1) is 8.28. The van der Waals surface area contributed by atoms with Crippen molar-refractivity contribution < 1.29 is 8.42 Å². The number of hydrogen-bond donors (Lipinski definition) is 1. The molecule has 8 heteroatoms. The first-order valence-corrected chi connectivity index (χ1v) is 8.45. The molecule has 1 aliphatic heterocycles. The highest BCUT2D eigenvalue weighted by molar-refractivity contribution is 7.89. The van der Waals surface area contributed by atoms with Crippen LogP contribution in [0.25, 0.3) is 0 Å². The van der Waals surface area contributed by atoms with Gasteiger partial charge in [0, 0.05) is 13.1 Å². The van der Waals surface area contributed by atoms with E-state index in [0.717, 1.165) is 17.8 Å². The number of thiophene rings is 1. The molecule has 1 aromatic heterocycles. The number of halogens is 2. The minimum absolute atomic E-state index is 0.0976. The van der Waals surface area contributed by atoms with Crippen molar-refractivity contribution in [1.82, 2.24) is 4.31 Å². The van der Waals surface area contributed by atoms with Crippen LogP contribution in [0.15, 0.2) is 11.0 Å². The molecule has 18 heavy (non-hydrogen) atoms. The van der Waals surface area contributed by atoms with Crippen molar-refractivity contribution in [2.45, 2.75) is 18.2 Å². The Hall–Kier alpha value is 0.150. The minimum atomic E-state index is -3.56. The third-order valence-electron chi connectivity index (χ3n) is 3.26. The Morgan fingerprint density at radius 1 is 1.56 bits per heavy atom. The molecular formula is C10H14Cl2N2O2S2. The number of nitrogens with zero attached hydrogens (tertiary/aromatic N) is 1. The Bertz CT molecular complexity index is 558. The van der Waals surface area contributed by atoms with Gasteiger partial charge in [0.05, 0.1) is 4.34 Å². The summed E-state index contributed by atoms with van der Waals surface area (Å²) in [5.41, 5.74) is 5.53. The molecule has 2 N–H and O–H groups in total. The molecular weight excluding hydrogens is 315 g/mol. The number of sulfonamides is 1. The van der Waals surface area contributed by atoms with E-state index in [0.29, 0.717) is 24.0 Å². The van der Waals surface area contributed by atoms with Crippen LogP contribution in [-0.2, 0) is 10.0 Å². The molecule has 4 nitrogen and oxygen atoms in total. The normalized spacial score (nSPS) is 25.8. The predicted octanol–water partition coefficient (Wildman–Crippen LogP) is 2.41. The Morgan fingerprint density at radius 2 is 2.22 bits per heavy atom. The van der Waals surface area contributed by atoms with Crippen LogP contribution in [0.1, 0.15) is 13.3 Å². The Balaban J connectivity index is 2.31. The quantitative estimate of drug-likeness (QED) is 0.926. The average molecular weight is 329 g/mol. The second-order valence-electron chi connectivity index (χ2n) is 4.79. The maximum Gasteiger partial charge on any atom is 0.245 e. The number of rotatable bonds is 3. The van der Waals surface area contributed by atoms with Crippen molar-refractivity contribution in [3.05, 3.63) is 14.7 Å². The van der Waals surface area contributed by atoms with E-state index in [-0.39, 0.29) is 14.6 Å². The highest BCUT2D eigenvalue weighted by Crippen LogP contribution is 2.39. The average Bonchev–Trinajstić information content (AvgIpc) is 2.84. The SMILES string of the molecule is CC1(CN)CCN(S(=O)(=O)c2cc(Cl)sc2Cl)C1. The smallest absolute Gasteiger partial charge is 0.245 e. The van der Waals surface area contributed by atoms with Gasteiger partial charge in [-0.15, -0.1) is 11.3 Å². The monoisotopic (exact) mass is 328 g/mol. The molecule has 0 aliphatic carbocycles. The van der Waals surface area contributed by atoms with Gasteiger partial charge in [0.25, 0.3) is 0 Å². The van der Waals surface area contributed by atoms with Gasteiger partial charge in [-0.2, -0.15) is 4.31 Å². The van der Waals surface area contributed by atoms with Gasteiger partial charge in [0.2, 0.25) is 10.0 Å². The fourth-order valence-corrected chi connectivity index (χ4v) is 5.69. The predicted molar refractivity (Wildman–Crippen MR) is 74.9 cm³/mol. The van der Waals surface area contributed by atoms with Crippen molar-refractivity contribution >= 4 is 44.6 Å². The third kappa shape index (κ3) is 2.55. The highest BCUT2D eigenvalue weighted by atomic mass is 35.5. The van der Waals surface area contributed by atoms with E-state index in [9.17, 15) is 8.42 Å². The third-order valence-corrected chi connectivity index (χ3v) is 6.86. The molecule has 1 aliphatic rings. The summed E-state index contributed by atoms with van der Waals surface area (Å²) in [4.78, 5) is 0.0976. The van der Waals surface area contributed by atoms with Crippen LogP contribution in [0.2, 0.25) is 8.67 Å². The van der Waals surface area contributed by atoms with Gasteiger partial charge in [-0.3, -0.25) is 0 Å². The molecule has 0 bridgehead atoms. The van der Waals surface area contributed by atoms with Crippen molar-refractivity contribution in [1.29, 1.82) is 0 Å². The number of hydrogen-bond acceptors (Lipinski definition) is 4. The number of nitrogens with two attached hydrogens (primary N) is 1. The van der Waals surface area contributed by atoms with Crippen LogP contribution < -0.4 is 5.73 Å². The molecule has 0 aromatic carbocycles. The summed E-state index contributed by atoms with van der Waals surface area (Å²) in [7, 11) is -3.56. The van der Waals surface area contributed by atoms with Crippen molar-refractivity contribution in [3.63, 3.8) is 0 Å². The zero-order valence-corrected chi connectivity index (χ0v) is 13.0. The van der Waals surface area contributed by atoms with E-state index in [2.05, 4.69) is 0 Å². The fraction of sp³-hybridized carbons (Fsp3) is 0.600. The van der Waals surface area contributed by atoms with Crippen LogP contribution >= 0.6 is 34.5 Å². The molecule has 2 rings (SSSR count). The van der Waals surface area contributed by atoms with E-state index in [1.807, 2.05) is 6.92 Å². The van der Waals surface area contributed by atoms with Gasteiger partial charge in [-0.05, 0) is 24.4 Å². The zero-order chi connectivity index (χ0) is 13.6. The van der Waals surface area contributed by atoms with Crippen LogP contribution in [0.3, 0.4) is 0 Å². The van der Waals surface area contributed by atoms with Gasteiger partial charge in [0.15, 0.2) is 0 Å². The maximum absolute atomic E-state index is 12.4. The zero-order valence-electron chi connectivity index (χ0n) is 9.82. The fourth-order valence-electron chi connectivity index (χ4n) is 1.99. The highest BCUT2D eigenvalue weighted by Gasteiger charge is 2.40. The van der Waals surface area contributed by atoms with Crippen LogP contribution in [-0.4, -0.2) is 32.4 Å². The first-order valence-electron chi connectivity index (χ1n) is 5.43. The summed E-state index contributed by atoms with van der Waals surface area (Å²) in [5, 5.41) is 0. The molecule has 0 amide bonds. The molecule has 2 heterocycles. The Kier molecular flexibility index (Phi) is 3.98. The maximum atomic E-state index is 12.4. The molecule has 1 fully saturated rings. The van der Waals surface area contributed by atoms with E-state index < -0.39 is 10.0 Å². The van der Waals surface area contributed by atoms with Crippen LogP contribution in [0.5, 0.6) is 0 Å². The van der Waals surface area contributed by atoms with Crippen molar-refractivity contribution in [3.8, 4) is 0 Å². The largest absolute Gasteiger partial charge is 0.330 e.